The maximum atomic E-state index is 6.48. The van der Waals surface area contributed by atoms with Gasteiger partial charge in [0.2, 0.25) is 0 Å². The molecule has 0 aliphatic carbocycles. The zero-order valence-electron chi connectivity index (χ0n) is 14.0. The van der Waals surface area contributed by atoms with Crippen LogP contribution in [0.2, 0.25) is 10.0 Å². The zero-order chi connectivity index (χ0) is 18.1. The maximum absolute atomic E-state index is 6.48. The fraction of sp³-hybridized carbons (Fsp3) is 0.0455. The largest absolute Gasteiger partial charge is 0.496 e. The standard InChI is InChI=1S/C22H15Cl2NO/c1-26-22-9-5-3-7-16(22)21-13-17(15-6-2-4-8-19(15)24)18-12-14(23)10-11-20(18)25-21/h2-13H,1H3. The fourth-order valence-electron chi connectivity index (χ4n) is 3.09. The van der Waals surface area contributed by atoms with Crippen molar-refractivity contribution >= 4 is 34.1 Å². The van der Waals surface area contributed by atoms with E-state index >= 15 is 0 Å². The average Bonchev–Trinajstić information content (AvgIpc) is 2.67. The molecule has 0 bridgehead atoms. The Hall–Kier alpha value is -2.55. The molecular weight excluding hydrogens is 365 g/mol. The summed E-state index contributed by atoms with van der Waals surface area (Å²) in [7, 11) is 1.66. The first-order valence-corrected chi connectivity index (χ1v) is 8.91. The summed E-state index contributed by atoms with van der Waals surface area (Å²) in [5.41, 5.74) is 4.55. The van der Waals surface area contributed by atoms with E-state index in [2.05, 4.69) is 0 Å². The van der Waals surface area contributed by atoms with Gasteiger partial charge < -0.3 is 4.74 Å². The number of halogens is 2. The van der Waals surface area contributed by atoms with Crippen molar-refractivity contribution in [2.75, 3.05) is 7.11 Å². The Kier molecular flexibility index (Phi) is 4.54. The quantitative estimate of drug-likeness (QED) is 0.386. The highest BCUT2D eigenvalue weighted by Gasteiger charge is 2.14. The number of pyridine rings is 1. The van der Waals surface area contributed by atoms with Crippen molar-refractivity contribution in [3.05, 3.63) is 82.8 Å². The Balaban J connectivity index is 2.06. The third kappa shape index (κ3) is 3.03. The van der Waals surface area contributed by atoms with Gasteiger partial charge in [-0.25, -0.2) is 4.98 Å². The molecular formula is C22H15Cl2NO. The topological polar surface area (TPSA) is 22.1 Å². The van der Waals surface area contributed by atoms with E-state index in [1.54, 1.807) is 7.11 Å². The highest BCUT2D eigenvalue weighted by atomic mass is 35.5. The van der Waals surface area contributed by atoms with Crippen LogP contribution in [0.1, 0.15) is 0 Å². The van der Waals surface area contributed by atoms with Gasteiger partial charge in [-0.3, -0.25) is 0 Å². The van der Waals surface area contributed by atoms with Crippen molar-refractivity contribution in [1.82, 2.24) is 4.98 Å². The second-order valence-electron chi connectivity index (χ2n) is 5.90. The molecule has 128 valence electrons. The van der Waals surface area contributed by atoms with Crippen molar-refractivity contribution in [2.24, 2.45) is 0 Å². The first-order valence-electron chi connectivity index (χ1n) is 8.16. The van der Waals surface area contributed by atoms with Crippen LogP contribution in [-0.4, -0.2) is 12.1 Å². The Labute approximate surface area is 162 Å². The summed E-state index contributed by atoms with van der Waals surface area (Å²) in [5, 5.41) is 2.31. The van der Waals surface area contributed by atoms with E-state index in [-0.39, 0.29) is 0 Å². The van der Waals surface area contributed by atoms with Gasteiger partial charge in [0, 0.05) is 26.6 Å². The molecule has 0 aliphatic heterocycles. The van der Waals surface area contributed by atoms with Crippen LogP contribution in [0, 0.1) is 0 Å². The summed E-state index contributed by atoms with van der Waals surface area (Å²) in [5.74, 6) is 0.776. The minimum Gasteiger partial charge on any atom is -0.496 e. The average molecular weight is 380 g/mol. The second-order valence-corrected chi connectivity index (χ2v) is 6.74. The van der Waals surface area contributed by atoms with Gasteiger partial charge in [0.05, 0.1) is 18.3 Å². The summed E-state index contributed by atoms with van der Waals surface area (Å²) in [4.78, 5) is 4.83. The molecule has 3 aromatic carbocycles. The lowest BCUT2D eigenvalue weighted by Gasteiger charge is -2.13. The minimum atomic E-state index is 0.664. The number of ether oxygens (including phenoxy) is 1. The van der Waals surface area contributed by atoms with Gasteiger partial charge in [-0.05, 0) is 48.0 Å². The molecule has 0 unspecified atom stereocenters. The molecule has 0 amide bonds. The SMILES string of the molecule is COc1ccccc1-c1cc(-c2ccccc2Cl)c2cc(Cl)ccc2n1. The Morgan fingerprint density at radius 3 is 2.27 bits per heavy atom. The minimum absolute atomic E-state index is 0.664. The van der Waals surface area contributed by atoms with Gasteiger partial charge in [0.25, 0.3) is 0 Å². The summed E-state index contributed by atoms with van der Waals surface area (Å²) in [6, 6.07) is 23.4. The van der Waals surface area contributed by atoms with E-state index in [9.17, 15) is 0 Å². The molecule has 0 N–H and O–H groups in total. The molecule has 0 saturated heterocycles. The summed E-state index contributed by atoms with van der Waals surface area (Å²) >= 11 is 12.7. The van der Waals surface area contributed by atoms with Crippen LogP contribution in [0.15, 0.2) is 72.8 Å². The van der Waals surface area contributed by atoms with Crippen molar-refractivity contribution in [1.29, 1.82) is 0 Å². The van der Waals surface area contributed by atoms with Crippen molar-refractivity contribution in [2.45, 2.75) is 0 Å². The molecule has 2 nitrogen and oxygen atoms in total. The van der Waals surface area contributed by atoms with Crippen LogP contribution in [0.5, 0.6) is 5.75 Å². The first kappa shape index (κ1) is 16.9. The van der Waals surface area contributed by atoms with E-state index in [1.165, 1.54) is 0 Å². The number of hydrogen-bond donors (Lipinski definition) is 0. The number of para-hydroxylation sites is 1. The molecule has 0 aliphatic rings. The van der Waals surface area contributed by atoms with E-state index in [1.807, 2.05) is 72.8 Å². The molecule has 0 radical (unpaired) electrons. The molecule has 26 heavy (non-hydrogen) atoms. The summed E-state index contributed by atoms with van der Waals surface area (Å²) in [6.45, 7) is 0. The molecule has 0 spiro atoms. The van der Waals surface area contributed by atoms with Crippen molar-refractivity contribution in [3.8, 4) is 28.1 Å². The number of benzene rings is 3. The Morgan fingerprint density at radius 2 is 1.50 bits per heavy atom. The van der Waals surface area contributed by atoms with Gasteiger partial charge in [0.1, 0.15) is 5.75 Å². The monoisotopic (exact) mass is 379 g/mol. The maximum Gasteiger partial charge on any atom is 0.128 e. The number of nitrogens with zero attached hydrogens (tertiary/aromatic N) is 1. The molecule has 1 heterocycles. The molecule has 4 aromatic rings. The Morgan fingerprint density at radius 1 is 0.769 bits per heavy atom. The first-order chi connectivity index (χ1) is 12.7. The fourth-order valence-corrected chi connectivity index (χ4v) is 3.50. The van der Waals surface area contributed by atoms with Crippen LogP contribution in [0.4, 0.5) is 0 Å². The predicted molar refractivity (Wildman–Crippen MR) is 109 cm³/mol. The lowest BCUT2D eigenvalue weighted by Crippen LogP contribution is -1.93. The molecule has 4 rings (SSSR count). The second kappa shape index (κ2) is 6.99. The number of methoxy groups -OCH3 is 1. The lowest BCUT2D eigenvalue weighted by molar-refractivity contribution is 0.416. The molecule has 0 fully saturated rings. The van der Waals surface area contributed by atoms with Crippen LogP contribution in [0.25, 0.3) is 33.3 Å². The zero-order valence-corrected chi connectivity index (χ0v) is 15.6. The van der Waals surface area contributed by atoms with Crippen LogP contribution < -0.4 is 4.74 Å². The Bertz CT molecular complexity index is 1110. The van der Waals surface area contributed by atoms with Gasteiger partial charge in [-0.1, -0.05) is 53.5 Å². The number of fused-ring (bicyclic) bond motifs is 1. The molecule has 0 atom stereocenters. The van der Waals surface area contributed by atoms with Gasteiger partial charge >= 0.3 is 0 Å². The lowest BCUT2D eigenvalue weighted by atomic mass is 9.98. The van der Waals surface area contributed by atoms with Gasteiger partial charge in [-0.2, -0.15) is 0 Å². The number of rotatable bonds is 3. The normalized spacial score (nSPS) is 10.9. The molecule has 0 saturated carbocycles. The van der Waals surface area contributed by atoms with Gasteiger partial charge in [0.15, 0.2) is 0 Å². The van der Waals surface area contributed by atoms with Crippen LogP contribution in [0.3, 0.4) is 0 Å². The smallest absolute Gasteiger partial charge is 0.128 e. The van der Waals surface area contributed by atoms with E-state index in [0.29, 0.717) is 10.0 Å². The van der Waals surface area contributed by atoms with Crippen LogP contribution in [-0.2, 0) is 0 Å². The molecule has 4 heteroatoms. The van der Waals surface area contributed by atoms with Gasteiger partial charge in [-0.15, -0.1) is 0 Å². The number of aromatic nitrogens is 1. The van der Waals surface area contributed by atoms with E-state index in [4.69, 9.17) is 32.9 Å². The van der Waals surface area contributed by atoms with Crippen molar-refractivity contribution in [3.63, 3.8) is 0 Å². The highest BCUT2D eigenvalue weighted by Crippen LogP contribution is 2.38. The van der Waals surface area contributed by atoms with E-state index in [0.717, 1.165) is 39.0 Å². The number of hydrogen-bond acceptors (Lipinski definition) is 2. The van der Waals surface area contributed by atoms with Crippen molar-refractivity contribution < 1.29 is 4.74 Å². The third-order valence-electron chi connectivity index (χ3n) is 4.32. The predicted octanol–water partition coefficient (Wildman–Crippen LogP) is 6.88. The summed E-state index contributed by atoms with van der Waals surface area (Å²) in [6.07, 6.45) is 0. The van der Waals surface area contributed by atoms with E-state index < -0.39 is 0 Å². The molecule has 1 aromatic heterocycles. The summed E-state index contributed by atoms with van der Waals surface area (Å²) < 4.78 is 5.51. The third-order valence-corrected chi connectivity index (χ3v) is 4.88. The van der Waals surface area contributed by atoms with Crippen LogP contribution >= 0.6 is 23.2 Å². The highest BCUT2D eigenvalue weighted by molar-refractivity contribution is 6.34.